The number of amides is 1. The Labute approximate surface area is 118 Å². The van der Waals surface area contributed by atoms with Crippen molar-refractivity contribution in [2.45, 2.75) is 13.8 Å². The van der Waals surface area contributed by atoms with E-state index in [-0.39, 0.29) is 5.91 Å². The summed E-state index contributed by atoms with van der Waals surface area (Å²) in [5.74, 6) is -0.116. The second kappa shape index (κ2) is 5.89. The Morgan fingerprint density at radius 2 is 1.90 bits per heavy atom. The second-order valence-electron chi connectivity index (χ2n) is 4.55. The molecule has 0 spiro atoms. The number of nitrogens with one attached hydrogen (secondary N) is 2. The molecule has 1 amide bonds. The van der Waals surface area contributed by atoms with Gasteiger partial charge in [0.25, 0.3) is 0 Å². The zero-order valence-electron chi connectivity index (χ0n) is 11.4. The lowest BCUT2D eigenvalue weighted by Gasteiger charge is -2.10. The topological polar surface area (TPSA) is 64.9 Å². The summed E-state index contributed by atoms with van der Waals surface area (Å²) in [6.07, 6.45) is 0. The summed E-state index contributed by atoms with van der Waals surface area (Å²) in [6.45, 7) is 3.41. The fraction of sp³-hybridized carbons (Fsp3) is 0.125. The van der Waals surface area contributed by atoms with Crippen LogP contribution in [-0.4, -0.2) is 5.91 Å². The number of hydrogen-bond donors (Lipinski definition) is 2. The maximum Gasteiger partial charge on any atom is 0.221 e. The third kappa shape index (κ3) is 3.36. The predicted octanol–water partition coefficient (Wildman–Crippen LogP) is 3.57. The van der Waals surface area contributed by atoms with E-state index in [1.165, 1.54) is 6.92 Å². The minimum Gasteiger partial charge on any atom is -0.354 e. The molecule has 2 aromatic carbocycles. The molecule has 0 radical (unpaired) electrons. The summed E-state index contributed by atoms with van der Waals surface area (Å²) in [5, 5.41) is 15.1. The number of carbonyl (C=O) groups is 1. The normalized spacial score (nSPS) is 9.65. The van der Waals surface area contributed by atoms with E-state index in [0.717, 1.165) is 16.9 Å². The van der Waals surface area contributed by atoms with Crippen LogP contribution in [0.15, 0.2) is 42.5 Å². The summed E-state index contributed by atoms with van der Waals surface area (Å²) < 4.78 is 0. The molecule has 0 saturated heterocycles. The Bertz CT molecular complexity index is 686. The molecule has 4 heteroatoms. The van der Waals surface area contributed by atoms with Gasteiger partial charge in [-0.15, -0.1) is 0 Å². The standard InChI is InChI=1S/C16H15N3O/c1-11-6-7-16(13(8-11)10-17)19-15-5-3-4-14(9-15)18-12(2)20/h3-9,19H,1-2H3,(H,18,20). The van der Waals surface area contributed by atoms with Gasteiger partial charge < -0.3 is 10.6 Å². The second-order valence-corrected chi connectivity index (χ2v) is 4.55. The van der Waals surface area contributed by atoms with Crippen molar-refractivity contribution < 1.29 is 4.79 Å². The van der Waals surface area contributed by atoms with E-state index in [1.807, 2.05) is 49.4 Å². The number of anilines is 3. The highest BCUT2D eigenvalue weighted by atomic mass is 16.1. The smallest absolute Gasteiger partial charge is 0.221 e. The number of nitriles is 1. The molecule has 20 heavy (non-hydrogen) atoms. The Morgan fingerprint density at radius 3 is 2.60 bits per heavy atom. The zero-order valence-corrected chi connectivity index (χ0v) is 11.4. The number of aryl methyl sites for hydroxylation is 1. The van der Waals surface area contributed by atoms with Crippen LogP contribution in [0.25, 0.3) is 0 Å². The highest BCUT2D eigenvalue weighted by molar-refractivity contribution is 5.89. The molecule has 2 rings (SSSR count). The first kappa shape index (κ1) is 13.6. The van der Waals surface area contributed by atoms with Crippen LogP contribution in [0.5, 0.6) is 0 Å². The molecule has 4 nitrogen and oxygen atoms in total. The quantitative estimate of drug-likeness (QED) is 0.891. The minimum absolute atomic E-state index is 0.116. The monoisotopic (exact) mass is 265 g/mol. The lowest BCUT2D eigenvalue weighted by molar-refractivity contribution is -0.114. The first-order valence-electron chi connectivity index (χ1n) is 6.24. The third-order valence-corrected chi connectivity index (χ3v) is 2.76. The molecule has 0 unspecified atom stereocenters. The van der Waals surface area contributed by atoms with Crippen molar-refractivity contribution in [2.75, 3.05) is 10.6 Å². The lowest BCUT2D eigenvalue weighted by Crippen LogP contribution is -2.05. The van der Waals surface area contributed by atoms with Gasteiger partial charge in [0.1, 0.15) is 6.07 Å². The van der Waals surface area contributed by atoms with Crippen molar-refractivity contribution in [3.05, 3.63) is 53.6 Å². The summed E-state index contributed by atoms with van der Waals surface area (Å²) in [7, 11) is 0. The first-order valence-corrected chi connectivity index (χ1v) is 6.24. The van der Waals surface area contributed by atoms with Gasteiger partial charge in [-0.3, -0.25) is 4.79 Å². The van der Waals surface area contributed by atoms with Gasteiger partial charge in [0.15, 0.2) is 0 Å². The number of carbonyl (C=O) groups excluding carboxylic acids is 1. The largest absolute Gasteiger partial charge is 0.354 e. The van der Waals surface area contributed by atoms with Crippen LogP contribution >= 0.6 is 0 Å². The third-order valence-electron chi connectivity index (χ3n) is 2.76. The number of benzene rings is 2. The van der Waals surface area contributed by atoms with Crippen molar-refractivity contribution in [3.63, 3.8) is 0 Å². The maximum absolute atomic E-state index is 11.0. The van der Waals surface area contributed by atoms with Gasteiger partial charge in [0.05, 0.1) is 11.3 Å². The van der Waals surface area contributed by atoms with E-state index < -0.39 is 0 Å². The van der Waals surface area contributed by atoms with Gasteiger partial charge in [0, 0.05) is 18.3 Å². The Morgan fingerprint density at radius 1 is 1.15 bits per heavy atom. The number of nitrogens with zero attached hydrogens (tertiary/aromatic N) is 1. The van der Waals surface area contributed by atoms with E-state index in [9.17, 15) is 4.79 Å². The van der Waals surface area contributed by atoms with Crippen LogP contribution in [0.1, 0.15) is 18.1 Å². The minimum atomic E-state index is -0.116. The maximum atomic E-state index is 11.0. The van der Waals surface area contributed by atoms with E-state index >= 15 is 0 Å². The fourth-order valence-corrected chi connectivity index (χ4v) is 1.89. The number of rotatable bonds is 3. The molecule has 2 N–H and O–H groups in total. The molecule has 0 aliphatic carbocycles. The van der Waals surface area contributed by atoms with E-state index in [1.54, 1.807) is 0 Å². The van der Waals surface area contributed by atoms with Gasteiger partial charge in [0.2, 0.25) is 5.91 Å². The molecule has 0 aliphatic rings. The predicted molar refractivity (Wildman–Crippen MR) is 79.9 cm³/mol. The summed E-state index contributed by atoms with van der Waals surface area (Å²) >= 11 is 0. The van der Waals surface area contributed by atoms with Crippen LogP contribution in [0, 0.1) is 18.3 Å². The van der Waals surface area contributed by atoms with Crippen molar-refractivity contribution in [1.29, 1.82) is 5.26 Å². The van der Waals surface area contributed by atoms with Gasteiger partial charge >= 0.3 is 0 Å². The summed E-state index contributed by atoms with van der Waals surface area (Å²) in [4.78, 5) is 11.0. The van der Waals surface area contributed by atoms with Crippen molar-refractivity contribution in [1.82, 2.24) is 0 Å². The molecular formula is C16H15N3O. The van der Waals surface area contributed by atoms with Crippen molar-refractivity contribution >= 4 is 23.0 Å². The van der Waals surface area contributed by atoms with Crippen LogP contribution in [0.2, 0.25) is 0 Å². The summed E-state index contributed by atoms with van der Waals surface area (Å²) in [6, 6.07) is 15.2. The van der Waals surface area contributed by atoms with Gasteiger partial charge in [-0.2, -0.15) is 5.26 Å². The Hall–Kier alpha value is -2.80. The van der Waals surface area contributed by atoms with Gasteiger partial charge in [-0.05, 0) is 42.8 Å². The SMILES string of the molecule is CC(=O)Nc1cccc(Nc2ccc(C)cc2C#N)c1. The zero-order chi connectivity index (χ0) is 14.5. The molecule has 0 saturated carbocycles. The Balaban J connectivity index is 2.26. The first-order chi connectivity index (χ1) is 9.58. The Kier molecular flexibility index (Phi) is 4.02. The van der Waals surface area contributed by atoms with Crippen molar-refractivity contribution in [3.8, 4) is 6.07 Å². The van der Waals surface area contributed by atoms with Gasteiger partial charge in [-0.25, -0.2) is 0 Å². The van der Waals surface area contributed by atoms with E-state index in [0.29, 0.717) is 11.3 Å². The molecule has 0 aromatic heterocycles. The average molecular weight is 265 g/mol. The number of hydrogen-bond acceptors (Lipinski definition) is 3. The molecule has 0 heterocycles. The molecule has 0 atom stereocenters. The van der Waals surface area contributed by atoms with E-state index in [4.69, 9.17) is 5.26 Å². The van der Waals surface area contributed by atoms with Crippen molar-refractivity contribution in [2.24, 2.45) is 0 Å². The van der Waals surface area contributed by atoms with Crippen LogP contribution in [0.4, 0.5) is 17.1 Å². The molecule has 100 valence electrons. The lowest BCUT2D eigenvalue weighted by atomic mass is 10.1. The van der Waals surface area contributed by atoms with Crippen LogP contribution in [0.3, 0.4) is 0 Å². The highest BCUT2D eigenvalue weighted by Gasteiger charge is 2.03. The molecule has 2 aromatic rings. The molecule has 0 fully saturated rings. The molecule has 0 bridgehead atoms. The van der Waals surface area contributed by atoms with E-state index in [2.05, 4.69) is 16.7 Å². The summed E-state index contributed by atoms with van der Waals surface area (Å²) in [5.41, 5.74) is 3.91. The van der Waals surface area contributed by atoms with Gasteiger partial charge in [-0.1, -0.05) is 12.1 Å². The molecular weight excluding hydrogens is 250 g/mol. The average Bonchev–Trinajstić information content (AvgIpc) is 2.40. The molecule has 0 aliphatic heterocycles. The fourth-order valence-electron chi connectivity index (χ4n) is 1.89. The van der Waals surface area contributed by atoms with Crippen LogP contribution < -0.4 is 10.6 Å². The highest BCUT2D eigenvalue weighted by Crippen LogP contribution is 2.23. The van der Waals surface area contributed by atoms with Crippen LogP contribution in [-0.2, 0) is 4.79 Å².